The molecule has 68 valence electrons. The van der Waals surface area contributed by atoms with Crippen LogP contribution < -0.4 is 0 Å². The molecule has 0 saturated heterocycles. The van der Waals surface area contributed by atoms with E-state index in [1.165, 1.54) is 11.8 Å². The van der Waals surface area contributed by atoms with Gasteiger partial charge in [-0.15, -0.1) is 13.2 Å². The molecule has 5 heteroatoms. The molecule has 0 amide bonds. The lowest BCUT2D eigenvalue weighted by Gasteiger charge is -2.07. The molecule has 0 heterocycles. The molecule has 0 radical (unpaired) electrons. The van der Waals surface area contributed by atoms with E-state index < -0.39 is 6.36 Å². The van der Waals surface area contributed by atoms with Gasteiger partial charge in [-0.1, -0.05) is 13.8 Å². The fourth-order valence-electron chi connectivity index (χ4n) is 0.441. The van der Waals surface area contributed by atoms with Crippen LogP contribution in [0.3, 0.4) is 0 Å². The van der Waals surface area contributed by atoms with Gasteiger partial charge in [0, 0.05) is 5.75 Å². The van der Waals surface area contributed by atoms with Gasteiger partial charge in [0.2, 0.25) is 0 Å². The van der Waals surface area contributed by atoms with E-state index in [0.717, 1.165) is 0 Å². The third-order valence-corrected chi connectivity index (χ3v) is 1.87. The van der Waals surface area contributed by atoms with Crippen molar-refractivity contribution < 1.29 is 17.9 Å². The van der Waals surface area contributed by atoms with Gasteiger partial charge < -0.3 is 0 Å². The minimum atomic E-state index is -4.47. The van der Waals surface area contributed by atoms with Gasteiger partial charge in [0.25, 0.3) is 0 Å². The van der Waals surface area contributed by atoms with Crippen molar-refractivity contribution in [3.63, 3.8) is 0 Å². The first-order chi connectivity index (χ1) is 4.92. The molecule has 11 heavy (non-hydrogen) atoms. The number of thioether (sulfide) groups is 1. The lowest BCUT2D eigenvalue weighted by atomic mass is 10.6. The van der Waals surface area contributed by atoms with E-state index >= 15 is 0 Å². The third-order valence-electron chi connectivity index (χ3n) is 0.800. The Morgan fingerprint density at radius 3 is 2.27 bits per heavy atom. The molecule has 0 atom stereocenters. The second-order valence-corrected chi connectivity index (χ2v) is 3.90. The fraction of sp³-hybridized carbons (Fsp3) is 1.00. The van der Waals surface area contributed by atoms with Gasteiger partial charge in [-0.2, -0.15) is 11.8 Å². The minimum absolute atomic E-state index is 0.258. The standard InChI is InChI=1S/C6H11F3OS/c1-5(2)11-4-3-10-6(7,8)9/h5H,3-4H2,1-2H3. The Bertz CT molecular complexity index is 102. The minimum Gasteiger partial charge on any atom is -0.291 e. The number of ether oxygens (including phenoxy) is 1. The molecule has 0 unspecified atom stereocenters. The number of hydrogen-bond acceptors (Lipinski definition) is 2. The highest BCUT2D eigenvalue weighted by Crippen LogP contribution is 2.17. The van der Waals surface area contributed by atoms with Gasteiger partial charge in [0.05, 0.1) is 6.61 Å². The van der Waals surface area contributed by atoms with Crippen LogP contribution in [0.2, 0.25) is 0 Å². The van der Waals surface area contributed by atoms with Crippen molar-refractivity contribution in [2.45, 2.75) is 25.5 Å². The number of rotatable bonds is 4. The van der Waals surface area contributed by atoms with Crippen LogP contribution in [0.25, 0.3) is 0 Å². The highest BCUT2D eigenvalue weighted by Gasteiger charge is 2.28. The van der Waals surface area contributed by atoms with Crippen molar-refractivity contribution in [2.75, 3.05) is 12.4 Å². The van der Waals surface area contributed by atoms with Crippen LogP contribution in [0.15, 0.2) is 0 Å². The molecule has 0 aliphatic heterocycles. The van der Waals surface area contributed by atoms with Crippen LogP contribution in [0.1, 0.15) is 13.8 Å². The summed E-state index contributed by atoms with van der Waals surface area (Å²) in [6.07, 6.45) is -4.47. The molecule has 0 fully saturated rings. The van der Waals surface area contributed by atoms with Gasteiger partial charge in [-0.05, 0) is 5.25 Å². The summed E-state index contributed by atoms with van der Waals surface area (Å²) in [6, 6.07) is 0. The summed E-state index contributed by atoms with van der Waals surface area (Å²) in [5, 5.41) is 0.354. The molecule has 1 nitrogen and oxygen atoms in total. The highest BCUT2D eigenvalue weighted by molar-refractivity contribution is 7.99. The summed E-state index contributed by atoms with van der Waals surface area (Å²) in [5.74, 6) is 0.386. The van der Waals surface area contributed by atoms with E-state index in [0.29, 0.717) is 11.0 Å². The summed E-state index contributed by atoms with van der Waals surface area (Å²) in [6.45, 7) is 3.60. The molecule has 0 aromatic rings. The summed E-state index contributed by atoms with van der Waals surface area (Å²) in [4.78, 5) is 0. The van der Waals surface area contributed by atoms with Crippen molar-refractivity contribution in [1.29, 1.82) is 0 Å². The van der Waals surface area contributed by atoms with Gasteiger partial charge in [-0.3, -0.25) is 4.74 Å². The monoisotopic (exact) mass is 188 g/mol. The largest absolute Gasteiger partial charge is 0.522 e. The quantitative estimate of drug-likeness (QED) is 0.627. The molecule has 0 spiro atoms. The number of halogens is 3. The van der Waals surface area contributed by atoms with E-state index in [2.05, 4.69) is 4.74 Å². The normalized spacial score (nSPS) is 12.5. The Morgan fingerprint density at radius 2 is 1.91 bits per heavy atom. The number of hydrogen-bond donors (Lipinski definition) is 0. The Kier molecular flexibility index (Phi) is 4.92. The summed E-state index contributed by atoms with van der Waals surface area (Å²) >= 11 is 1.45. The maximum absolute atomic E-state index is 11.3. The number of alkyl halides is 3. The van der Waals surface area contributed by atoms with Crippen molar-refractivity contribution in [3.8, 4) is 0 Å². The zero-order valence-electron chi connectivity index (χ0n) is 6.44. The summed E-state index contributed by atoms with van der Waals surface area (Å²) in [7, 11) is 0. The van der Waals surface area contributed by atoms with Gasteiger partial charge in [0.15, 0.2) is 0 Å². The van der Waals surface area contributed by atoms with E-state index in [4.69, 9.17) is 0 Å². The van der Waals surface area contributed by atoms with Crippen molar-refractivity contribution >= 4 is 11.8 Å². The molecule has 0 aromatic heterocycles. The van der Waals surface area contributed by atoms with Crippen LogP contribution in [0, 0.1) is 0 Å². The molecule has 0 aromatic carbocycles. The SMILES string of the molecule is CC(C)SCCOC(F)(F)F. The van der Waals surface area contributed by atoms with E-state index in [9.17, 15) is 13.2 Å². The Hall–Kier alpha value is 0.100. The maximum atomic E-state index is 11.3. The zero-order valence-corrected chi connectivity index (χ0v) is 7.26. The van der Waals surface area contributed by atoms with Crippen LogP contribution in [-0.2, 0) is 4.74 Å². The van der Waals surface area contributed by atoms with E-state index in [1.807, 2.05) is 13.8 Å². The van der Waals surface area contributed by atoms with Gasteiger partial charge >= 0.3 is 6.36 Å². The molecular weight excluding hydrogens is 177 g/mol. The molecule has 0 aliphatic rings. The first-order valence-corrected chi connectivity index (χ1v) is 4.29. The maximum Gasteiger partial charge on any atom is 0.522 e. The Balaban J connectivity index is 3.15. The van der Waals surface area contributed by atoms with Crippen molar-refractivity contribution in [1.82, 2.24) is 0 Å². The zero-order chi connectivity index (χ0) is 8.91. The third kappa shape index (κ3) is 10.1. The lowest BCUT2D eigenvalue weighted by molar-refractivity contribution is -0.322. The Labute approximate surface area is 68.3 Å². The molecular formula is C6H11F3OS. The van der Waals surface area contributed by atoms with E-state index in [-0.39, 0.29) is 6.61 Å². The predicted molar refractivity (Wildman–Crippen MR) is 39.6 cm³/mol. The second-order valence-electron chi connectivity index (χ2n) is 2.21. The van der Waals surface area contributed by atoms with Crippen LogP contribution in [0.4, 0.5) is 13.2 Å². The average molecular weight is 188 g/mol. The fourth-order valence-corrected chi connectivity index (χ4v) is 1.09. The lowest BCUT2D eigenvalue weighted by Crippen LogP contribution is -2.15. The van der Waals surface area contributed by atoms with E-state index in [1.54, 1.807) is 0 Å². The van der Waals surface area contributed by atoms with Gasteiger partial charge in [0.1, 0.15) is 0 Å². The Morgan fingerprint density at radius 1 is 1.36 bits per heavy atom. The van der Waals surface area contributed by atoms with Crippen LogP contribution in [0.5, 0.6) is 0 Å². The highest BCUT2D eigenvalue weighted by atomic mass is 32.2. The van der Waals surface area contributed by atoms with Gasteiger partial charge in [-0.25, -0.2) is 0 Å². The predicted octanol–water partition coefficient (Wildman–Crippen LogP) is 2.66. The molecule has 0 aliphatic carbocycles. The first-order valence-electron chi connectivity index (χ1n) is 3.24. The first kappa shape index (κ1) is 11.1. The second kappa shape index (κ2) is 4.87. The molecule has 0 rings (SSSR count). The van der Waals surface area contributed by atoms with Crippen LogP contribution in [-0.4, -0.2) is 24.0 Å². The smallest absolute Gasteiger partial charge is 0.291 e. The summed E-state index contributed by atoms with van der Waals surface area (Å²) in [5.41, 5.74) is 0. The van der Waals surface area contributed by atoms with Crippen LogP contribution >= 0.6 is 11.8 Å². The van der Waals surface area contributed by atoms with Crippen molar-refractivity contribution in [2.24, 2.45) is 0 Å². The molecule has 0 bridgehead atoms. The molecule has 0 N–H and O–H groups in total. The summed E-state index contributed by atoms with van der Waals surface area (Å²) < 4.78 is 37.6. The average Bonchev–Trinajstić information content (AvgIpc) is 1.78. The van der Waals surface area contributed by atoms with Crippen molar-refractivity contribution in [3.05, 3.63) is 0 Å². The topological polar surface area (TPSA) is 9.23 Å². The molecule has 0 saturated carbocycles.